The minimum Gasteiger partial charge on any atom is -0.352 e. The summed E-state index contributed by atoms with van der Waals surface area (Å²) in [6, 6.07) is 0. The lowest BCUT2D eigenvalue weighted by Crippen LogP contribution is -2.38. The van der Waals surface area contributed by atoms with E-state index in [2.05, 4.69) is 6.92 Å². The fraction of sp³-hybridized carbons (Fsp3) is 0.882. The van der Waals surface area contributed by atoms with Gasteiger partial charge in [-0.25, -0.2) is 0 Å². The Hall–Kier alpha value is -0.480. The Morgan fingerprint density at radius 3 is 2.29 bits per heavy atom. The van der Waals surface area contributed by atoms with Gasteiger partial charge in [-0.15, -0.1) is 0 Å². The van der Waals surface area contributed by atoms with Gasteiger partial charge in [-0.3, -0.25) is 0 Å². The lowest BCUT2D eigenvalue weighted by molar-refractivity contribution is -0.230. The Morgan fingerprint density at radius 2 is 1.71 bits per heavy atom. The van der Waals surface area contributed by atoms with Crippen LogP contribution in [0.2, 0.25) is 0 Å². The van der Waals surface area contributed by atoms with Crippen molar-refractivity contribution in [3.8, 4) is 0 Å². The second kappa shape index (κ2) is 8.84. The Kier molecular flexibility index (Phi) is 7.11. The molecule has 2 nitrogen and oxygen atoms in total. The molecule has 21 heavy (non-hydrogen) atoms. The number of ether oxygens (including phenoxy) is 2. The van der Waals surface area contributed by atoms with Gasteiger partial charge in [0, 0.05) is 11.8 Å². The van der Waals surface area contributed by atoms with Crippen LogP contribution >= 0.6 is 0 Å². The van der Waals surface area contributed by atoms with Gasteiger partial charge >= 0.3 is 0 Å². The van der Waals surface area contributed by atoms with Gasteiger partial charge in [-0.2, -0.15) is 8.78 Å². The van der Waals surface area contributed by atoms with Gasteiger partial charge in [0.05, 0.1) is 13.2 Å². The summed E-state index contributed by atoms with van der Waals surface area (Å²) in [4.78, 5) is 0. The third-order valence-electron chi connectivity index (χ3n) is 4.84. The normalized spacial score (nSPS) is 33.7. The lowest BCUT2D eigenvalue weighted by atomic mass is 9.80. The van der Waals surface area contributed by atoms with E-state index in [9.17, 15) is 8.78 Å². The minimum atomic E-state index is -1.55. The van der Waals surface area contributed by atoms with E-state index < -0.39 is 6.08 Å². The SMILES string of the molecule is CCCCC1COC(C2CCC(CC=C(F)F)CC2)OC1. The van der Waals surface area contributed by atoms with E-state index in [4.69, 9.17) is 9.47 Å². The molecule has 1 saturated heterocycles. The Balaban J connectivity index is 1.66. The number of unbranched alkanes of at least 4 members (excludes halogenated alkanes) is 1. The van der Waals surface area contributed by atoms with Crippen LogP contribution in [0.4, 0.5) is 8.78 Å². The van der Waals surface area contributed by atoms with Crippen molar-refractivity contribution in [2.24, 2.45) is 17.8 Å². The molecule has 4 heteroatoms. The molecule has 0 aromatic heterocycles. The van der Waals surface area contributed by atoms with Crippen molar-refractivity contribution in [1.82, 2.24) is 0 Å². The van der Waals surface area contributed by atoms with Gasteiger partial charge in [-0.05, 0) is 50.5 Å². The first-order chi connectivity index (χ1) is 10.2. The number of allylic oxidation sites excluding steroid dienone is 1. The van der Waals surface area contributed by atoms with Gasteiger partial charge in [0.15, 0.2) is 6.29 Å². The van der Waals surface area contributed by atoms with Crippen LogP contribution in [0.1, 0.15) is 58.3 Å². The predicted molar refractivity (Wildman–Crippen MR) is 79.1 cm³/mol. The summed E-state index contributed by atoms with van der Waals surface area (Å²) in [7, 11) is 0. The highest BCUT2D eigenvalue weighted by atomic mass is 19.3. The molecule has 0 aromatic carbocycles. The number of hydrogen-bond acceptors (Lipinski definition) is 2. The highest BCUT2D eigenvalue weighted by Crippen LogP contribution is 2.36. The van der Waals surface area contributed by atoms with Gasteiger partial charge in [-0.1, -0.05) is 19.8 Å². The highest BCUT2D eigenvalue weighted by Gasteiger charge is 2.32. The van der Waals surface area contributed by atoms with E-state index in [0.29, 0.717) is 24.2 Å². The molecular weight excluding hydrogens is 274 g/mol. The first-order valence-electron chi connectivity index (χ1n) is 8.43. The maximum Gasteiger partial charge on any atom is 0.266 e. The van der Waals surface area contributed by atoms with Crippen LogP contribution in [0.15, 0.2) is 12.2 Å². The molecule has 0 spiro atoms. The zero-order valence-corrected chi connectivity index (χ0v) is 13.0. The largest absolute Gasteiger partial charge is 0.352 e. The molecule has 2 aliphatic rings. The van der Waals surface area contributed by atoms with E-state index in [1.54, 1.807) is 0 Å². The van der Waals surface area contributed by atoms with Gasteiger partial charge in [0.25, 0.3) is 6.08 Å². The fourth-order valence-corrected chi connectivity index (χ4v) is 3.44. The molecule has 1 aliphatic carbocycles. The van der Waals surface area contributed by atoms with Crippen LogP contribution in [0.3, 0.4) is 0 Å². The molecule has 0 radical (unpaired) electrons. The van der Waals surface area contributed by atoms with E-state index in [-0.39, 0.29) is 6.29 Å². The second-order valence-corrected chi connectivity index (χ2v) is 6.55. The van der Waals surface area contributed by atoms with Crippen LogP contribution in [0.5, 0.6) is 0 Å². The van der Waals surface area contributed by atoms with Crippen molar-refractivity contribution in [2.45, 2.75) is 64.6 Å². The van der Waals surface area contributed by atoms with Crippen LogP contribution in [0.25, 0.3) is 0 Å². The Bertz CT molecular complexity index is 313. The third-order valence-corrected chi connectivity index (χ3v) is 4.84. The average Bonchev–Trinajstić information content (AvgIpc) is 2.52. The monoisotopic (exact) mass is 302 g/mol. The molecule has 2 rings (SSSR count). The highest BCUT2D eigenvalue weighted by molar-refractivity contribution is 4.86. The average molecular weight is 302 g/mol. The zero-order valence-electron chi connectivity index (χ0n) is 13.0. The number of halogens is 2. The van der Waals surface area contributed by atoms with Crippen LogP contribution in [-0.4, -0.2) is 19.5 Å². The zero-order chi connectivity index (χ0) is 15.1. The molecular formula is C17H28F2O2. The van der Waals surface area contributed by atoms with Crippen LogP contribution in [-0.2, 0) is 9.47 Å². The van der Waals surface area contributed by atoms with Gasteiger partial charge < -0.3 is 9.47 Å². The molecule has 0 aromatic rings. The van der Waals surface area contributed by atoms with Crippen molar-refractivity contribution in [2.75, 3.05) is 13.2 Å². The molecule has 0 bridgehead atoms. The molecule has 1 aliphatic heterocycles. The molecule has 0 N–H and O–H groups in total. The maximum atomic E-state index is 12.1. The summed E-state index contributed by atoms with van der Waals surface area (Å²) in [5, 5.41) is 0. The Morgan fingerprint density at radius 1 is 1.05 bits per heavy atom. The summed E-state index contributed by atoms with van der Waals surface area (Å²) < 4.78 is 36.0. The van der Waals surface area contributed by atoms with E-state index in [1.165, 1.54) is 19.3 Å². The topological polar surface area (TPSA) is 18.5 Å². The fourth-order valence-electron chi connectivity index (χ4n) is 3.44. The van der Waals surface area contributed by atoms with Gasteiger partial charge in [0.2, 0.25) is 0 Å². The van der Waals surface area contributed by atoms with Gasteiger partial charge in [0.1, 0.15) is 0 Å². The second-order valence-electron chi connectivity index (χ2n) is 6.55. The van der Waals surface area contributed by atoms with Crippen LogP contribution < -0.4 is 0 Å². The molecule has 122 valence electrons. The van der Waals surface area contributed by atoms with Crippen molar-refractivity contribution < 1.29 is 18.3 Å². The third kappa shape index (κ3) is 5.67. The molecule has 1 heterocycles. The molecule has 0 unspecified atom stereocenters. The summed E-state index contributed by atoms with van der Waals surface area (Å²) >= 11 is 0. The number of hydrogen-bond donors (Lipinski definition) is 0. The van der Waals surface area contributed by atoms with E-state index in [0.717, 1.165) is 45.0 Å². The quantitative estimate of drug-likeness (QED) is 0.676. The first kappa shape index (κ1) is 16.9. The first-order valence-corrected chi connectivity index (χ1v) is 8.43. The van der Waals surface area contributed by atoms with Crippen molar-refractivity contribution >= 4 is 0 Å². The summed E-state index contributed by atoms with van der Waals surface area (Å²) in [6.07, 6.45) is 7.73. The molecule has 1 saturated carbocycles. The smallest absolute Gasteiger partial charge is 0.266 e. The summed E-state index contributed by atoms with van der Waals surface area (Å²) in [5.74, 6) is 1.41. The predicted octanol–water partition coefficient (Wildman–Crippen LogP) is 5.14. The minimum absolute atomic E-state index is 0.0581. The summed E-state index contributed by atoms with van der Waals surface area (Å²) in [6.45, 7) is 3.84. The standard InChI is InChI=1S/C17H28F2O2/c1-2-3-4-14-11-20-17(21-12-14)15-8-5-13(6-9-15)7-10-16(18)19/h10,13-15,17H,2-9,11-12H2,1H3. The van der Waals surface area contributed by atoms with E-state index >= 15 is 0 Å². The van der Waals surface area contributed by atoms with Crippen molar-refractivity contribution in [3.63, 3.8) is 0 Å². The van der Waals surface area contributed by atoms with E-state index in [1.807, 2.05) is 0 Å². The molecule has 0 atom stereocenters. The molecule has 0 amide bonds. The van der Waals surface area contributed by atoms with Crippen LogP contribution in [0, 0.1) is 17.8 Å². The number of rotatable bonds is 6. The van der Waals surface area contributed by atoms with Crippen molar-refractivity contribution in [3.05, 3.63) is 12.2 Å². The van der Waals surface area contributed by atoms with Crippen molar-refractivity contribution in [1.29, 1.82) is 0 Å². The Labute approximate surface area is 126 Å². The molecule has 2 fully saturated rings. The summed E-state index contributed by atoms with van der Waals surface area (Å²) in [5.41, 5.74) is 0. The maximum absolute atomic E-state index is 12.1. The lowest BCUT2D eigenvalue weighted by Gasteiger charge is -2.37.